The summed E-state index contributed by atoms with van der Waals surface area (Å²) in [5.74, 6) is 3.29. The number of rotatable bonds is 4. The van der Waals surface area contributed by atoms with Crippen LogP contribution < -0.4 is 0 Å². The number of hydrogen-bond acceptors (Lipinski definition) is 3. The molecule has 0 saturated carbocycles. The van der Waals surface area contributed by atoms with Crippen LogP contribution in [0.2, 0.25) is 0 Å². The Morgan fingerprint density at radius 2 is 2.20 bits per heavy atom. The number of furan rings is 1. The predicted molar refractivity (Wildman–Crippen MR) is 79.2 cm³/mol. The van der Waals surface area contributed by atoms with Crippen molar-refractivity contribution >= 4 is 22.8 Å². The first kappa shape index (κ1) is 13.2. The Morgan fingerprint density at radius 1 is 1.35 bits per heavy atom. The molecule has 3 aromatic heterocycles. The summed E-state index contributed by atoms with van der Waals surface area (Å²) in [4.78, 5) is 9.08. The zero-order valence-electron chi connectivity index (χ0n) is 11.5. The molecule has 20 heavy (non-hydrogen) atoms. The van der Waals surface area contributed by atoms with Crippen LogP contribution in [0.1, 0.15) is 30.3 Å². The largest absolute Gasteiger partial charge is 0.464 e. The van der Waals surface area contributed by atoms with E-state index >= 15 is 0 Å². The van der Waals surface area contributed by atoms with Gasteiger partial charge in [-0.2, -0.15) is 0 Å². The van der Waals surface area contributed by atoms with Gasteiger partial charge in [-0.3, -0.25) is 0 Å². The summed E-state index contributed by atoms with van der Waals surface area (Å²) in [7, 11) is 0. The lowest BCUT2D eigenvalue weighted by Gasteiger charge is -2.14. The molecule has 3 heterocycles. The van der Waals surface area contributed by atoms with E-state index in [0.29, 0.717) is 12.3 Å². The highest BCUT2D eigenvalue weighted by Crippen LogP contribution is 2.26. The number of aryl methyl sites for hydroxylation is 2. The summed E-state index contributed by atoms with van der Waals surface area (Å²) in [6.07, 6.45) is 2.49. The zero-order valence-corrected chi connectivity index (χ0v) is 12.3. The second-order valence-electron chi connectivity index (χ2n) is 4.81. The Balaban J connectivity index is 2.15. The van der Waals surface area contributed by atoms with Crippen LogP contribution in [-0.2, 0) is 6.42 Å². The average Bonchev–Trinajstić information content (AvgIpc) is 3.02. The number of fused-ring (bicyclic) bond motifs is 1. The topological polar surface area (TPSA) is 43.9 Å². The molecule has 104 valence electrons. The van der Waals surface area contributed by atoms with Gasteiger partial charge in [0.1, 0.15) is 22.9 Å². The van der Waals surface area contributed by atoms with Crippen LogP contribution in [0.5, 0.6) is 0 Å². The number of hydrogen-bond donors (Lipinski definition) is 0. The molecule has 0 saturated heterocycles. The van der Waals surface area contributed by atoms with Gasteiger partial charge in [0.25, 0.3) is 0 Å². The monoisotopic (exact) mass is 289 g/mol. The SMILES string of the molecule is Cc1ccc(C(C)n2c(CCCl)nc3cccnc32)o1. The van der Waals surface area contributed by atoms with Gasteiger partial charge < -0.3 is 8.98 Å². The third-order valence-corrected chi connectivity index (χ3v) is 3.59. The highest BCUT2D eigenvalue weighted by Gasteiger charge is 2.19. The van der Waals surface area contributed by atoms with E-state index in [2.05, 4.69) is 21.5 Å². The van der Waals surface area contributed by atoms with Crippen LogP contribution >= 0.6 is 11.6 Å². The van der Waals surface area contributed by atoms with Gasteiger partial charge >= 0.3 is 0 Å². The minimum atomic E-state index is 0.0433. The summed E-state index contributed by atoms with van der Waals surface area (Å²) in [6.45, 7) is 4.03. The Bertz CT molecular complexity index is 732. The molecule has 0 aromatic carbocycles. The van der Waals surface area contributed by atoms with Crippen LogP contribution in [-0.4, -0.2) is 20.4 Å². The van der Waals surface area contributed by atoms with Crippen molar-refractivity contribution in [2.45, 2.75) is 26.3 Å². The standard InChI is InChI=1S/C15H16ClN3O/c1-10-5-6-13(20-10)11(2)19-14(7-8-16)18-12-4-3-9-17-15(12)19/h3-6,9,11H,7-8H2,1-2H3. The van der Waals surface area contributed by atoms with E-state index in [9.17, 15) is 0 Å². The molecule has 0 fully saturated rings. The maximum Gasteiger partial charge on any atom is 0.160 e. The molecule has 4 nitrogen and oxygen atoms in total. The van der Waals surface area contributed by atoms with E-state index in [1.807, 2.05) is 31.2 Å². The summed E-state index contributed by atoms with van der Waals surface area (Å²) >= 11 is 5.89. The number of alkyl halides is 1. The Hall–Kier alpha value is -1.81. The van der Waals surface area contributed by atoms with Crippen LogP contribution in [0.15, 0.2) is 34.9 Å². The first-order chi connectivity index (χ1) is 9.70. The average molecular weight is 290 g/mol. The number of imidazole rings is 1. The highest BCUT2D eigenvalue weighted by atomic mass is 35.5. The van der Waals surface area contributed by atoms with Gasteiger partial charge in [-0.05, 0) is 38.1 Å². The molecule has 3 rings (SSSR count). The summed E-state index contributed by atoms with van der Waals surface area (Å²) < 4.78 is 7.85. The molecule has 1 atom stereocenters. The maximum absolute atomic E-state index is 5.89. The second-order valence-corrected chi connectivity index (χ2v) is 5.19. The van der Waals surface area contributed by atoms with Crippen molar-refractivity contribution in [3.05, 3.63) is 47.8 Å². The molecule has 3 aromatic rings. The Morgan fingerprint density at radius 3 is 2.90 bits per heavy atom. The van der Waals surface area contributed by atoms with Gasteiger partial charge in [0.05, 0.1) is 6.04 Å². The first-order valence-corrected chi connectivity index (χ1v) is 7.18. The quantitative estimate of drug-likeness (QED) is 0.688. The fourth-order valence-corrected chi connectivity index (χ4v) is 2.62. The molecule has 0 N–H and O–H groups in total. The third-order valence-electron chi connectivity index (χ3n) is 3.40. The van der Waals surface area contributed by atoms with Crippen LogP contribution in [0.3, 0.4) is 0 Å². The van der Waals surface area contributed by atoms with Gasteiger partial charge in [-0.1, -0.05) is 0 Å². The van der Waals surface area contributed by atoms with Crippen LogP contribution in [0, 0.1) is 6.92 Å². The van der Waals surface area contributed by atoms with Gasteiger partial charge in [0.15, 0.2) is 5.65 Å². The number of halogens is 1. The summed E-state index contributed by atoms with van der Waals surface area (Å²) in [5, 5.41) is 0. The minimum absolute atomic E-state index is 0.0433. The van der Waals surface area contributed by atoms with Crippen molar-refractivity contribution in [1.29, 1.82) is 0 Å². The third kappa shape index (κ3) is 2.20. The summed E-state index contributed by atoms with van der Waals surface area (Å²) in [6, 6.07) is 7.88. The molecular weight excluding hydrogens is 274 g/mol. The fraction of sp³-hybridized carbons (Fsp3) is 0.333. The molecule has 0 bridgehead atoms. The van der Waals surface area contributed by atoms with E-state index in [4.69, 9.17) is 16.0 Å². The molecule has 0 aliphatic carbocycles. The molecule has 0 amide bonds. The second kappa shape index (κ2) is 5.29. The van der Waals surface area contributed by atoms with Gasteiger partial charge in [-0.25, -0.2) is 9.97 Å². The van der Waals surface area contributed by atoms with E-state index in [0.717, 1.165) is 28.5 Å². The van der Waals surface area contributed by atoms with Gasteiger partial charge in [0, 0.05) is 18.5 Å². The molecule has 0 radical (unpaired) electrons. The van der Waals surface area contributed by atoms with E-state index in [-0.39, 0.29) is 6.04 Å². The predicted octanol–water partition coefficient (Wildman–Crippen LogP) is 3.72. The maximum atomic E-state index is 5.89. The normalized spacial score (nSPS) is 12.9. The lowest BCUT2D eigenvalue weighted by molar-refractivity contribution is 0.427. The molecule has 0 spiro atoms. The fourth-order valence-electron chi connectivity index (χ4n) is 2.45. The van der Waals surface area contributed by atoms with Crippen molar-refractivity contribution in [3.8, 4) is 0 Å². The first-order valence-electron chi connectivity index (χ1n) is 6.65. The smallest absolute Gasteiger partial charge is 0.160 e. The Kier molecular flexibility index (Phi) is 3.49. The van der Waals surface area contributed by atoms with Crippen molar-refractivity contribution < 1.29 is 4.42 Å². The van der Waals surface area contributed by atoms with Crippen molar-refractivity contribution in [2.24, 2.45) is 0 Å². The summed E-state index contributed by atoms with van der Waals surface area (Å²) in [5.41, 5.74) is 1.76. The van der Waals surface area contributed by atoms with E-state index in [1.54, 1.807) is 6.20 Å². The molecule has 1 unspecified atom stereocenters. The van der Waals surface area contributed by atoms with Gasteiger partial charge in [-0.15, -0.1) is 11.6 Å². The Labute approximate surface area is 122 Å². The van der Waals surface area contributed by atoms with Crippen molar-refractivity contribution in [2.75, 3.05) is 5.88 Å². The molecule has 5 heteroatoms. The number of pyridine rings is 1. The molecule has 0 aliphatic heterocycles. The van der Waals surface area contributed by atoms with E-state index in [1.165, 1.54) is 0 Å². The zero-order chi connectivity index (χ0) is 14.1. The number of nitrogens with zero attached hydrogens (tertiary/aromatic N) is 3. The highest BCUT2D eigenvalue weighted by molar-refractivity contribution is 6.17. The number of aromatic nitrogens is 3. The molecular formula is C15H16ClN3O. The lowest BCUT2D eigenvalue weighted by atomic mass is 10.2. The molecule has 0 aliphatic rings. The van der Waals surface area contributed by atoms with Crippen molar-refractivity contribution in [3.63, 3.8) is 0 Å². The van der Waals surface area contributed by atoms with Crippen LogP contribution in [0.4, 0.5) is 0 Å². The van der Waals surface area contributed by atoms with Crippen LogP contribution in [0.25, 0.3) is 11.2 Å². The van der Waals surface area contributed by atoms with E-state index < -0.39 is 0 Å². The van der Waals surface area contributed by atoms with Gasteiger partial charge in [0.2, 0.25) is 0 Å². The van der Waals surface area contributed by atoms with Crippen molar-refractivity contribution in [1.82, 2.24) is 14.5 Å². The minimum Gasteiger partial charge on any atom is -0.464 e. The lowest BCUT2D eigenvalue weighted by Crippen LogP contribution is -2.11.